The topological polar surface area (TPSA) is 89.7 Å². The molecule has 0 bridgehead atoms. The number of carboxylic acid groups (broad SMARTS) is 1. The van der Waals surface area contributed by atoms with Crippen LogP contribution in [-0.4, -0.2) is 50.2 Å². The number of hydrogen-bond donors (Lipinski definition) is 1. The number of carboxylic acids is 1. The van der Waals surface area contributed by atoms with Crippen LogP contribution in [0.5, 0.6) is 11.5 Å². The highest BCUT2D eigenvalue weighted by Gasteiger charge is 2.39. The first-order chi connectivity index (χ1) is 18.7. The third-order valence-corrected chi connectivity index (χ3v) is 7.99. The first-order valence-corrected chi connectivity index (χ1v) is 13.3. The lowest BCUT2D eigenvalue weighted by Gasteiger charge is -2.38. The number of para-hydroxylation sites is 1. The van der Waals surface area contributed by atoms with E-state index in [1.807, 2.05) is 30.7 Å². The molecule has 1 atom stereocenters. The van der Waals surface area contributed by atoms with Crippen LogP contribution in [0.15, 0.2) is 48.5 Å². The summed E-state index contributed by atoms with van der Waals surface area (Å²) in [7, 11) is 1.87. The molecule has 1 fully saturated rings. The maximum atomic E-state index is 14.7. The maximum absolute atomic E-state index is 14.7. The Balaban J connectivity index is 1.15. The number of nitrogens with zero attached hydrogens (tertiary/aromatic N) is 4. The molecule has 4 heterocycles. The van der Waals surface area contributed by atoms with Gasteiger partial charge >= 0.3 is 5.97 Å². The van der Waals surface area contributed by atoms with Crippen LogP contribution in [0.1, 0.15) is 53.1 Å². The number of rotatable bonds is 5. The van der Waals surface area contributed by atoms with E-state index < -0.39 is 17.4 Å². The van der Waals surface area contributed by atoms with Crippen LogP contribution in [0.4, 0.5) is 4.39 Å². The first-order valence-electron chi connectivity index (χ1n) is 12.9. The number of hydrogen-bond acceptors (Lipinski definition) is 6. The summed E-state index contributed by atoms with van der Waals surface area (Å²) >= 11 is 5.94. The Morgan fingerprint density at radius 3 is 2.72 bits per heavy atom. The van der Waals surface area contributed by atoms with Crippen molar-refractivity contribution in [1.29, 1.82) is 0 Å². The van der Waals surface area contributed by atoms with Crippen molar-refractivity contribution in [3.05, 3.63) is 82.0 Å². The fraction of sp³-hybridized carbons (Fsp3) is 0.345. The predicted molar refractivity (Wildman–Crippen MR) is 144 cm³/mol. The largest absolute Gasteiger partial charge is 0.485 e. The Morgan fingerprint density at radius 2 is 1.97 bits per heavy atom. The van der Waals surface area contributed by atoms with Gasteiger partial charge in [-0.2, -0.15) is 0 Å². The Bertz CT molecular complexity index is 1580. The summed E-state index contributed by atoms with van der Waals surface area (Å²) in [5, 5.41) is 9.60. The molecule has 39 heavy (non-hydrogen) atoms. The summed E-state index contributed by atoms with van der Waals surface area (Å²) < 4.78 is 29.2. The second-order valence-corrected chi connectivity index (χ2v) is 10.8. The molecule has 2 aliphatic rings. The molecule has 2 aromatic carbocycles. The van der Waals surface area contributed by atoms with Gasteiger partial charge in [-0.25, -0.2) is 19.2 Å². The van der Waals surface area contributed by atoms with E-state index in [4.69, 9.17) is 21.1 Å². The Kier molecular flexibility index (Phi) is 6.43. The van der Waals surface area contributed by atoms with E-state index in [2.05, 4.69) is 20.9 Å². The van der Waals surface area contributed by atoms with Crippen molar-refractivity contribution in [3.8, 4) is 11.5 Å². The molecule has 6 rings (SSSR count). The smallest absolute Gasteiger partial charge is 0.354 e. The minimum atomic E-state index is -1.05. The molecule has 10 heteroatoms. The van der Waals surface area contributed by atoms with E-state index in [0.717, 1.165) is 43.1 Å². The third kappa shape index (κ3) is 4.70. The molecule has 0 spiro atoms. The van der Waals surface area contributed by atoms with E-state index in [9.17, 15) is 14.3 Å². The average molecular weight is 551 g/mol. The van der Waals surface area contributed by atoms with Crippen LogP contribution in [0.2, 0.25) is 5.02 Å². The van der Waals surface area contributed by atoms with E-state index in [0.29, 0.717) is 40.0 Å². The molecule has 4 aromatic rings. The zero-order chi connectivity index (χ0) is 27.3. The van der Waals surface area contributed by atoms with Gasteiger partial charge in [0.15, 0.2) is 28.4 Å². The Morgan fingerprint density at radius 1 is 1.18 bits per heavy atom. The van der Waals surface area contributed by atoms with Crippen LogP contribution >= 0.6 is 11.6 Å². The summed E-state index contributed by atoms with van der Waals surface area (Å²) in [6.07, 6.45) is 1.88. The molecule has 0 saturated carbocycles. The molecule has 202 valence electrons. The van der Waals surface area contributed by atoms with E-state index in [1.165, 1.54) is 12.1 Å². The molecule has 2 aromatic heterocycles. The number of benzene rings is 2. The standard InChI is InChI=1S/C29H28ClFN4O4/c1-29(20-7-6-18(30)14-21(20)31)16-38-26-19(4-3-5-24(26)39-29)17-10-12-35(13-11-17)15-25-32-22-8-9-23(28(36)37)33-27(22)34(25)2/h3-9,14,17H,10-13,15-16H2,1-2H3,(H,36,37). The van der Waals surface area contributed by atoms with Crippen LogP contribution < -0.4 is 9.47 Å². The van der Waals surface area contributed by atoms with Gasteiger partial charge in [-0.1, -0.05) is 29.8 Å². The van der Waals surface area contributed by atoms with Crippen molar-refractivity contribution in [2.45, 2.75) is 37.8 Å². The van der Waals surface area contributed by atoms with E-state index >= 15 is 0 Å². The fourth-order valence-electron chi connectivity index (χ4n) is 5.60. The second-order valence-electron chi connectivity index (χ2n) is 10.4. The van der Waals surface area contributed by atoms with Gasteiger partial charge in [-0.15, -0.1) is 0 Å². The van der Waals surface area contributed by atoms with Gasteiger partial charge in [0.05, 0.1) is 6.54 Å². The van der Waals surface area contributed by atoms with Crippen LogP contribution in [0.25, 0.3) is 11.2 Å². The number of ether oxygens (including phenoxy) is 2. The number of aryl methyl sites for hydroxylation is 1. The SMILES string of the molecule is Cn1c(CN2CCC(c3cccc4c3OCC(C)(c3ccc(Cl)cc3F)O4)CC2)nc2ccc(C(=O)O)nc21. The van der Waals surface area contributed by atoms with Gasteiger partial charge in [0.1, 0.15) is 23.8 Å². The van der Waals surface area contributed by atoms with Gasteiger partial charge in [0, 0.05) is 23.2 Å². The molecule has 1 N–H and O–H groups in total. The monoisotopic (exact) mass is 550 g/mol. The quantitative estimate of drug-likeness (QED) is 0.350. The van der Waals surface area contributed by atoms with Crippen molar-refractivity contribution >= 4 is 28.7 Å². The highest BCUT2D eigenvalue weighted by molar-refractivity contribution is 6.30. The normalized spacial score (nSPS) is 19.9. The van der Waals surface area contributed by atoms with Gasteiger partial charge in [0.25, 0.3) is 0 Å². The number of aromatic carboxylic acids is 1. The zero-order valence-corrected chi connectivity index (χ0v) is 22.4. The lowest BCUT2D eigenvalue weighted by atomic mass is 9.87. The highest BCUT2D eigenvalue weighted by atomic mass is 35.5. The van der Waals surface area contributed by atoms with Crippen LogP contribution in [0, 0.1) is 5.82 Å². The summed E-state index contributed by atoms with van der Waals surface area (Å²) in [6.45, 7) is 4.42. The summed E-state index contributed by atoms with van der Waals surface area (Å²) in [5.41, 5.74) is 1.82. The number of aromatic nitrogens is 3. The van der Waals surface area contributed by atoms with Gasteiger partial charge in [0.2, 0.25) is 0 Å². The minimum Gasteiger partial charge on any atom is -0.485 e. The van der Waals surface area contributed by atoms with Crippen molar-refractivity contribution in [2.24, 2.45) is 7.05 Å². The summed E-state index contributed by atoms with van der Waals surface area (Å²) in [6, 6.07) is 13.7. The highest BCUT2D eigenvalue weighted by Crippen LogP contribution is 2.46. The second kappa shape index (κ2) is 9.81. The number of piperidine rings is 1. The van der Waals surface area contributed by atoms with E-state index in [-0.39, 0.29) is 12.3 Å². The van der Waals surface area contributed by atoms with Gasteiger partial charge in [-0.05, 0) is 69.1 Å². The molecular formula is C29H28ClFN4O4. The van der Waals surface area contributed by atoms with Crippen LogP contribution in [-0.2, 0) is 19.2 Å². The fourth-order valence-corrected chi connectivity index (χ4v) is 5.76. The molecule has 2 aliphatic heterocycles. The van der Waals surface area contributed by atoms with Crippen molar-refractivity contribution < 1.29 is 23.8 Å². The van der Waals surface area contributed by atoms with Gasteiger partial charge in [-0.3, -0.25) is 4.90 Å². The molecule has 1 saturated heterocycles. The van der Waals surface area contributed by atoms with Crippen molar-refractivity contribution in [1.82, 2.24) is 19.4 Å². The minimum absolute atomic E-state index is 0.00821. The molecule has 0 amide bonds. The van der Waals surface area contributed by atoms with Gasteiger partial charge < -0.3 is 19.1 Å². The van der Waals surface area contributed by atoms with Crippen molar-refractivity contribution in [2.75, 3.05) is 19.7 Å². The summed E-state index contributed by atoms with van der Waals surface area (Å²) in [4.78, 5) is 22.6. The average Bonchev–Trinajstić information content (AvgIpc) is 3.22. The molecule has 0 aliphatic carbocycles. The number of halogens is 2. The zero-order valence-electron chi connectivity index (χ0n) is 21.7. The maximum Gasteiger partial charge on any atom is 0.354 e. The lowest BCUT2D eigenvalue weighted by molar-refractivity contribution is -0.00125. The Hall–Kier alpha value is -3.69. The predicted octanol–water partition coefficient (Wildman–Crippen LogP) is 5.53. The molecule has 1 unspecified atom stereocenters. The molecular weight excluding hydrogens is 523 g/mol. The number of pyridine rings is 1. The molecule has 8 nitrogen and oxygen atoms in total. The molecule has 0 radical (unpaired) electrons. The lowest BCUT2D eigenvalue weighted by Crippen LogP contribution is -2.40. The number of likely N-dealkylation sites (tertiary alicyclic amines) is 1. The summed E-state index contributed by atoms with van der Waals surface area (Å²) in [5.74, 6) is 1.03. The van der Waals surface area contributed by atoms with E-state index in [1.54, 1.807) is 18.2 Å². The number of fused-ring (bicyclic) bond motifs is 2. The third-order valence-electron chi connectivity index (χ3n) is 7.76. The van der Waals surface area contributed by atoms with Crippen molar-refractivity contribution in [3.63, 3.8) is 0 Å². The first kappa shape index (κ1) is 25.6. The number of carbonyl (C=O) groups is 1. The Labute approximate surface area is 229 Å². The van der Waals surface area contributed by atoms with Crippen LogP contribution in [0.3, 0.4) is 0 Å². The number of imidazole rings is 1.